The molecule has 2 N–H and O–H groups in total. The van der Waals surface area contributed by atoms with Crippen LogP contribution >= 0.6 is 11.3 Å². The van der Waals surface area contributed by atoms with Crippen LogP contribution in [0.15, 0.2) is 11.4 Å². The van der Waals surface area contributed by atoms with Crippen molar-refractivity contribution in [2.24, 2.45) is 5.73 Å². The number of hydrogen-bond donors (Lipinski definition) is 1. The SMILES string of the molecule is C[C@@H]1CN(C(=O)c2csc(C#CCN)c2)C[C@H](C)O1. The van der Waals surface area contributed by atoms with Crippen molar-refractivity contribution in [2.45, 2.75) is 26.1 Å². The summed E-state index contributed by atoms with van der Waals surface area (Å²) in [6, 6.07) is 1.83. The van der Waals surface area contributed by atoms with E-state index in [4.69, 9.17) is 10.5 Å². The summed E-state index contributed by atoms with van der Waals surface area (Å²) in [5.41, 5.74) is 6.03. The first-order chi connectivity index (χ1) is 9.10. The van der Waals surface area contributed by atoms with Gasteiger partial charge in [-0.15, -0.1) is 11.3 Å². The lowest BCUT2D eigenvalue weighted by molar-refractivity contribution is -0.0586. The van der Waals surface area contributed by atoms with Gasteiger partial charge in [0.15, 0.2) is 0 Å². The van der Waals surface area contributed by atoms with E-state index < -0.39 is 0 Å². The largest absolute Gasteiger partial charge is 0.372 e. The average Bonchev–Trinajstić information content (AvgIpc) is 2.83. The van der Waals surface area contributed by atoms with E-state index in [2.05, 4.69) is 11.8 Å². The second-order valence-corrected chi connectivity index (χ2v) is 5.58. The van der Waals surface area contributed by atoms with Gasteiger partial charge in [-0.2, -0.15) is 0 Å². The summed E-state index contributed by atoms with van der Waals surface area (Å²) in [6.45, 7) is 5.59. The first-order valence-corrected chi connectivity index (χ1v) is 7.20. The van der Waals surface area contributed by atoms with Crippen molar-refractivity contribution >= 4 is 17.2 Å². The molecule has 2 heterocycles. The third-order valence-corrected chi connectivity index (χ3v) is 3.71. The fourth-order valence-electron chi connectivity index (χ4n) is 2.18. The molecule has 2 atom stereocenters. The van der Waals surface area contributed by atoms with Crippen LogP contribution in [0.3, 0.4) is 0 Å². The van der Waals surface area contributed by atoms with Gasteiger partial charge in [-0.25, -0.2) is 0 Å². The van der Waals surface area contributed by atoms with Gasteiger partial charge >= 0.3 is 0 Å². The predicted molar refractivity (Wildman–Crippen MR) is 76.2 cm³/mol. The van der Waals surface area contributed by atoms with E-state index in [1.54, 1.807) is 0 Å². The van der Waals surface area contributed by atoms with E-state index in [9.17, 15) is 4.79 Å². The van der Waals surface area contributed by atoms with Gasteiger partial charge < -0.3 is 15.4 Å². The maximum atomic E-state index is 12.4. The highest BCUT2D eigenvalue weighted by molar-refractivity contribution is 7.10. The molecule has 0 spiro atoms. The van der Waals surface area contributed by atoms with Crippen LogP contribution in [0.1, 0.15) is 29.1 Å². The quantitative estimate of drug-likeness (QED) is 0.788. The topological polar surface area (TPSA) is 55.6 Å². The first kappa shape index (κ1) is 14.1. The Morgan fingerprint density at radius 1 is 1.53 bits per heavy atom. The Morgan fingerprint density at radius 2 is 2.21 bits per heavy atom. The van der Waals surface area contributed by atoms with E-state index in [0.29, 0.717) is 25.2 Å². The molecule has 0 radical (unpaired) electrons. The van der Waals surface area contributed by atoms with Crippen molar-refractivity contribution in [2.75, 3.05) is 19.6 Å². The predicted octanol–water partition coefficient (Wildman–Crippen LogP) is 1.31. The summed E-state index contributed by atoms with van der Waals surface area (Å²) >= 11 is 1.48. The van der Waals surface area contributed by atoms with Gasteiger partial charge in [0, 0.05) is 18.5 Å². The van der Waals surface area contributed by atoms with E-state index in [-0.39, 0.29) is 18.1 Å². The van der Waals surface area contributed by atoms with Gasteiger partial charge in [-0.1, -0.05) is 11.8 Å². The normalized spacial score (nSPS) is 22.8. The molecule has 1 saturated heterocycles. The Morgan fingerprint density at radius 3 is 2.84 bits per heavy atom. The molecule has 0 unspecified atom stereocenters. The molecular weight excluding hydrogens is 260 g/mol. The summed E-state index contributed by atoms with van der Waals surface area (Å²) in [7, 11) is 0. The second-order valence-electron chi connectivity index (χ2n) is 4.67. The van der Waals surface area contributed by atoms with Crippen LogP contribution in [0.5, 0.6) is 0 Å². The Bertz CT molecular complexity index is 505. The smallest absolute Gasteiger partial charge is 0.254 e. The first-order valence-electron chi connectivity index (χ1n) is 6.32. The highest BCUT2D eigenvalue weighted by Gasteiger charge is 2.26. The number of carbonyl (C=O) groups excluding carboxylic acids is 1. The Kier molecular flexibility index (Phi) is 4.59. The molecule has 1 fully saturated rings. The molecular formula is C14H18N2O2S. The van der Waals surface area contributed by atoms with Crippen LogP contribution in [0.25, 0.3) is 0 Å². The summed E-state index contributed by atoms with van der Waals surface area (Å²) in [6.07, 6.45) is 0.172. The molecule has 102 valence electrons. The zero-order chi connectivity index (χ0) is 13.8. The molecule has 19 heavy (non-hydrogen) atoms. The van der Waals surface area contributed by atoms with Gasteiger partial charge in [0.25, 0.3) is 5.91 Å². The highest BCUT2D eigenvalue weighted by atomic mass is 32.1. The van der Waals surface area contributed by atoms with Crippen molar-refractivity contribution < 1.29 is 9.53 Å². The third-order valence-electron chi connectivity index (χ3n) is 2.87. The second kappa shape index (κ2) is 6.20. The molecule has 5 heteroatoms. The molecule has 0 bridgehead atoms. The van der Waals surface area contributed by atoms with Crippen LogP contribution in [0.2, 0.25) is 0 Å². The van der Waals surface area contributed by atoms with E-state index >= 15 is 0 Å². The van der Waals surface area contributed by atoms with E-state index in [1.807, 2.05) is 30.2 Å². The molecule has 2 rings (SSSR count). The lowest BCUT2D eigenvalue weighted by Crippen LogP contribution is -2.48. The minimum absolute atomic E-state index is 0.0547. The number of rotatable bonds is 1. The summed E-state index contributed by atoms with van der Waals surface area (Å²) in [5.74, 6) is 5.80. The number of thiophene rings is 1. The molecule has 4 nitrogen and oxygen atoms in total. The van der Waals surface area contributed by atoms with Gasteiger partial charge in [0.2, 0.25) is 0 Å². The number of ether oxygens (including phenoxy) is 1. The lowest BCUT2D eigenvalue weighted by atomic mass is 10.2. The fourth-order valence-corrected chi connectivity index (χ4v) is 2.93. The highest BCUT2D eigenvalue weighted by Crippen LogP contribution is 2.18. The molecule has 1 amide bonds. The number of amides is 1. The Balaban J connectivity index is 2.08. The van der Waals surface area contributed by atoms with E-state index in [1.165, 1.54) is 11.3 Å². The van der Waals surface area contributed by atoms with Gasteiger partial charge in [-0.3, -0.25) is 4.79 Å². The third kappa shape index (κ3) is 3.57. The van der Waals surface area contributed by atoms with Crippen LogP contribution in [-0.2, 0) is 4.74 Å². The lowest BCUT2D eigenvalue weighted by Gasteiger charge is -2.35. The molecule has 1 aliphatic rings. The molecule has 1 aromatic heterocycles. The maximum Gasteiger partial charge on any atom is 0.254 e. The molecule has 0 aromatic carbocycles. The molecule has 1 aromatic rings. The Hall–Kier alpha value is -1.35. The fraction of sp³-hybridized carbons (Fsp3) is 0.500. The van der Waals surface area contributed by atoms with Crippen molar-refractivity contribution in [3.05, 3.63) is 21.9 Å². The van der Waals surface area contributed by atoms with Gasteiger partial charge in [0.05, 0.1) is 29.2 Å². The number of morpholine rings is 1. The summed E-state index contributed by atoms with van der Waals surface area (Å²) in [4.78, 5) is 15.1. The molecule has 0 aliphatic carbocycles. The summed E-state index contributed by atoms with van der Waals surface area (Å²) in [5, 5.41) is 1.85. The minimum atomic E-state index is 0.0547. The van der Waals surface area contributed by atoms with Crippen LogP contribution < -0.4 is 5.73 Å². The van der Waals surface area contributed by atoms with Crippen LogP contribution in [0, 0.1) is 11.8 Å². The van der Waals surface area contributed by atoms with Gasteiger partial charge in [0.1, 0.15) is 0 Å². The monoisotopic (exact) mass is 278 g/mol. The van der Waals surface area contributed by atoms with E-state index in [0.717, 1.165) is 4.88 Å². The Labute approximate surface area is 117 Å². The average molecular weight is 278 g/mol. The number of carbonyl (C=O) groups is 1. The molecule has 1 aliphatic heterocycles. The number of hydrogen-bond acceptors (Lipinski definition) is 4. The van der Waals surface area contributed by atoms with Gasteiger partial charge in [-0.05, 0) is 19.9 Å². The summed E-state index contributed by atoms with van der Waals surface area (Å²) < 4.78 is 5.63. The standard InChI is InChI=1S/C14H18N2O2S/c1-10-7-16(8-11(2)18-10)14(17)12-6-13(19-9-12)4-3-5-15/h6,9-11H,5,7-8,15H2,1-2H3/t10-,11+. The number of nitrogens with two attached hydrogens (primary N) is 1. The zero-order valence-electron chi connectivity index (χ0n) is 11.2. The van der Waals surface area contributed by atoms with Crippen molar-refractivity contribution in [3.8, 4) is 11.8 Å². The maximum absolute atomic E-state index is 12.4. The van der Waals surface area contributed by atoms with Crippen molar-refractivity contribution in [1.29, 1.82) is 0 Å². The van der Waals surface area contributed by atoms with Crippen LogP contribution in [0.4, 0.5) is 0 Å². The van der Waals surface area contributed by atoms with Crippen molar-refractivity contribution in [3.63, 3.8) is 0 Å². The molecule has 0 saturated carbocycles. The van der Waals surface area contributed by atoms with Crippen LogP contribution in [-0.4, -0.2) is 42.6 Å². The minimum Gasteiger partial charge on any atom is -0.372 e. The number of nitrogens with zero attached hydrogens (tertiary/aromatic N) is 1. The zero-order valence-corrected chi connectivity index (χ0v) is 12.0. The van der Waals surface area contributed by atoms with Crippen molar-refractivity contribution in [1.82, 2.24) is 4.90 Å².